The molecule has 4 heteroatoms. The van der Waals surface area contributed by atoms with Crippen LogP contribution in [0.1, 0.15) is 174 Å². The van der Waals surface area contributed by atoms with Gasteiger partial charge in [0.15, 0.2) is 6.10 Å². The fourth-order valence-electron chi connectivity index (χ4n) is 4.51. The normalized spacial score (nSPS) is 11.9. The van der Waals surface area contributed by atoms with Crippen molar-refractivity contribution in [3.63, 3.8) is 0 Å². The van der Waals surface area contributed by atoms with Gasteiger partial charge in [-0.3, -0.25) is 0 Å². The van der Waals surface area contributed by atoms with Gasteiger partial charge in [0, 0.05) is 41.7 Å². The maximum Gasteiger partial charge on any atom is 0.334 e. The second-order valence-electron chi connectivity index (χ2n) is 10.3. The number of carbonyl (C=O) groups is 1. The Bertz CT molecular complexity index is 389. The number of ether oxygens (including phenoxy) is 1. The molecule has 0 aromatic rings. The van der Waals surface area contributed by atoms with Crippen LogP contribution in [0.3, 0.4) is 0 Å². The molecule has 0 bridgehead atoms. The molecule has 1 unspecified atom stereocenters. The van der Waals surface area contributed by atoms with Crippen LogP contribution in [-0.2, 0) is 9.53 Å². The van der Waals surface area contributed by atoms with E-state index >= 15 is 0 Å². The van der Waals surface area contributed by atoms with Gasteiger partial charge in [0.25, 0.3) is 0 Å². The molecule has 3 nitrogen and oxygen atoms in total. The van der Waals surface area contributed by atoms with Gasteiger partial charge in [-0.25, -0.2) is 4.79 Å². The number of esters is 1. The van der Waals surface area contributed by atoms with Crippen molar-refractivity contribution in [1.29, 1.82) is 0 Å². The first-order valence-electron chi connectivity index (χ1n) is 15.1. The maximum absolute atomic E-state index is 11.9. The van der Waals surface area contributed by atoms with Crippen LogP contribution < -0.4 is 0 Å². The number of aliphatic hydroxyl groups excluding tert-OH is 1. The SMILES string of the molecule is CCCCCCCCCCCCCCCCC(O)C(=O)OCCCCCCCCCCCC.[Ce]. The second-order valence-corrected chi connectivity index (χ2v) is 10.3. The third-order valence-electron chi connectivity index (χ3n) is 6.85. The summed E-state index contributed by atoms with van der Waals surface area (Å²) < 4.78 is 5.26. The third-order valence-corrected chi connectivity index (χ3v) is 6.85. The first kappa shape index (κ1) is 37.0. The van der Waals surface area contributed by atoms with E-state index in [1.165, 1.54) is 128 Å². The Morgan fingerprint density at radius 3 is 1.18 bits per heavy atom. The Hall–Kier alpha value is 0.807. The molecule has 0 spiro atoms. The molecule has 0 aromatic carbocycles. The molecular formula is C30H60CeO3. The molecule has 0 fully saturated rings. The summed E-state index contributed by atoms with van der Waals surface area (Å²) in [6.45, 7) is 4.99. The summed E-state index contributed by atoms with van der Waals surface area (Å²) >= 11 is 0. The van der Waals surface area contributed by atoms with Crippen molar-refractivity contribution in [1.82, 2.24) is 0 Å². The van der Waals surface area contributed by atoms with Crippen LogP contribution in [0.5, 0.6) is 0 Å². The molecule has 0 amide bonds. The third kappa shape index (κ3) is 29.0. The van der Waals surface area contributed by atoms with Gasteiger partial charge in [-0.05, 0) is 12.8 Å². The second kappa shape index (κ2) is 31.8. The Morgan fingerprint density at radius 1 is 0.529 bits per heavy atom. The minimum Gasteiger partial charge on any atom is -0.464 e. The average molecular weight is 609 g/mol. The van der Waals surface area contributed by atoms with Gasteiger partial charge in [0.2, 0.25) is 0 Å². The minimum absolute atomic E-state index is 0. The van der Waals surface area contributed by atoms with Gasteiger partial charge in [0.05, 0.1) is 6.61 Å². The van der Waals surface area contributed by atoms with Gasteiger partial charge < -0.3 is 9.84 Å². The Morgan fingerprint density at radius 2 is 0.824 bits per heavy atom. The summed E-state index contributed by atoms with van der Waals surface area (Å²) in [5.41, 5.74) is 0. The Balaban J connectivity index is 0. The Kier molecular flexibility index (Phi) is 34.6. The topological polar surface area (TPSA) is 46.5 Å². The number of rotatable bonds is 27. The van der Waals surface area contributed by atoms with E-state index in [1.54, 1.807) is 0 Å². The first-order chi connectivity index (χ1) is 16.2. The zero-order chi connectivity index (χ0) is 24.2. The van der Waals surface area contributed by atoms with Crippen LogP contribution in [0.4, 0.5) is 0 Å². The number of carbonyl (C=O) groups excluding carboxylic acids is 1. The van der Waals surface area contributed by atoms with Crippen LogP contribution in [0.2, 0.25) is 0 Å². The molecule has 202 valence electrons. The van der Waals surface area contributed by atoms with Gasteiger partial charge in [-0.1, -0.05) is 162 Å². The van der Waals surface area contributed by atoms with Crippen molar-refractivity contribution >= 4 is 5.97 Å². The smallest absolute Gasteiger partial charge is 0.334 e. The molecule has 1 N–H and O–H groups in total. The standard InChI is InChI=1S/C30H60O3.Ce/c1-3-5-7-9-11-13-15-16-17-18-19-21-23-25-27-29(31)30(32)33-28-26-24-22-20-14-12-10-8-6-4-2;/h29,31H,3-28H2,1-2H3;. The van der Waals surface area contributed by atoms with E-state index in [1.807, 2.05) is 0 Å². The molecule has 0 heterocycles. The van der Waals surface area contributed by atoms with Gasteiger partial charge in [0.1, 0.15) is 0 Å². The van der Waals surface area contributed by atoms with Gasteiger partial charge in [-0.15, -0.1) is 0 Å². The fraction of sp³-hybridized carbons (Fsp3) is 0.967. The largest absolute Gasteiger partial charge is 0.464 e. The molecule has 0 saturated carbocycles. The predicted octanol–water partition coefficient (Wildman–Crippen LogP) is 9.68. The van der Waals surface area contributed by atoms with Crippen LogP contribution in [0, 0.1) is 41.7 Å². The van der Waals surface area contributed by atoms with E-state index < -0.39 is 12.1 Å². The van der Waals surface area contributed by atoms with E-state index in [2.05, 4.69) is 13.8 Å². The van der Waals surface area contributed by atoms with Crippen LogP contribution >= 0.6 is 0 Å². The zero-order valence-corrected chi connectivity index (χ0v) is 26.4. The molecule has 1 atom stereocenters. The minimum atomic E-state index is -0.926. The molecule has 34 heavy (non-hydrogen) atoms. The molecule has 0 saturated heterocycles. The molecule has 0 aliphatic heterocycles. The van der Waals surface area contributed by atoms with Crippen molar-refractivity contribution in [2.75, 3.05) is 6.61 Å². The number of hydrogen-bond acceptors (Lipinski definition) is 3. The molecule has 0 aromatic heterocycles. The Labute approximate surface area is 247 Å². The molecule has 0 rings (SSSR count). The molecule has 0 aliphatic rings. The van der Waals surface area contributed by atoms with Crippen molar-refractivity contribution in [2.45, 2.75) is 180 Å². The van der Waals surface area contributed by atoms with Crippen LogP contribution in [0.15, 0.2) is 0 Å². The summed E-state index contributed by atoms with van der Waals surface area (Å²) in [7, 11) is 0. The fourth-order valence-corrected chi connectivity index (χ4v) is 4.51. The monoisotopic (exact) mass is 608 g/mol. The first-order valence-corrected chi connectivity index (χ1v) is 15.1. The molecule has 0 aliphatic carbocycles. The van der Waals surface area contributed by atoms with E-state index in [4.69, 9.17) is 4.74 Å². The van der Waals surface area contributed by atoms with E-state index in [-0.39, 0.29) is 41.7 Å². The average Bonchev–Trinajstić information content (AvgIpc) is 2.82. The summed E-state index contributed by atoms with van der Waals surface area (Å²) in [4.78, 5) is 11.9. The quantitative estimate of drug-likeness (QED) is 0.0746. The van der Waals surface area contributed by atoms with Crippen molar-refractivity contribution in [3.05, 3.63) is 0 Å². The van der Waals surface area contributed by atoms with Crippen molar-refractivity contribution < 1.29 is 56.4 Å². The number of aliphatic hydroxyl groups is 1. The summed E-state index contributed by atoms with van der Waals surface area (Å²) in [6.07, 6.45) is 30.8. The predicted molar refractivity (Wildman–Crippen MR) is 144 cm³/mol. The summed E-state index contributed by atoms with van der Waals surface area (Å²) in [5.74, 6) is -0.416. The maximum atomic E-state index is 11.9. The van der Waals surface area contributed by atoms with E-state index in [0.717, 1.165) is 25.7 Å². The van der Waals surface area contributed by atoms with Crippen molar-refractivity contribution in [2.24, 2.45) is 0 Å². The molecule has 0 radical (unpaired) electrons. The van der Waals surface area contributed by atoms with Gasteiger partial charge >= 0.3 is 5.97 Å². The van der Waals surface area contributed by atoms with Gasteiger partial charge in [-0.2, -0.15) is 0 Å². The zero-order valence-electron chi connectivity index (χ0n) is 23.2. The summed E-state index contributed by atoms with van der Waals surface area (Å²) in [6, 6.07) is 0. The number of unbranched alkanes of at least 4 members (excludes halogenated alkanes) is 22. The van der Waals surface area contributed by atoms with E-state index in [9.17, 15) is 9.90 Å². The summed E-state index contributed by atoms with van der Waals surface area (Å²) in [5, 5.41) is 10.00. The van der Waals surface area contributed by atoms with E-state index in [0.29, 0.717) is 13.0 Å². The number of hydrogen-bond donors (Lipinski definition) is 1. The molecular weight excluding hydrogens is 548 g/mol. The van der Waals surface area contributed by atoms with Crippen molar-refractivity contribution in [3.8, 4) is 0 Å². The van der Waals surface area contributed by atoms with Crippen LogP contribution in [-0.4, -0.2) is 23.8 Å². The van der Waals surface area contributed by atoms with Crippen LogP contribution in [0.25, 0.3) is 0 Å².